The van der Waals surface area contributed by atoms with Crippen LogP contribution in [0.25, 0.3) is 11.3 Å². The van der Waals surface area contributed by atoms with Crippen molar-refractivity contribution in [1.82, 2.24) is 13.2 Å². The van der Waals surface area contributed by atoms with Crippen LogP contribution in [0.15, 0.2) is 30.5 Å². The van der Waals surface area contributed by atoms with Crippen molar-refractivity contribution in [3.8, 4) is 11.3 Å². The lowest BCUT2D eigenvalue weighted by atomic mass is 10.1. The fourth-order valence-electron chi connectivity index (χ4n) is 1.10. The number of hydrogen-bond acceptors (Lipinski definition) is 2. The zero-order valence-corrected chi connectivity index (χ0v) is 9.26. The van der Waals surface area contributed by atoms with Gasteiger partial charge in [-0.3, -0.25) is 0 Å². The van der Waals surface area contributed by atoms with Gasteiger partial charge in [0, 0.05) is 5.56 Å². The van der Waals surface area contributed by atoms with Gasteiger partial charge in [-0.1, -0.05) is 35.0 Å². The Morgan fingerprint density at radius 1 is 1.23 bits per heavy atom. The molecule has 0 saturated carbocycles. The van der Waals surface area contributed by atoms with Gasteiger partial charge in [-0.15, -0.1) is 5.10 Å². The molecule has 2 rings (SSSR count). The van der Waals surface area contributed by atoms with Crippen molar-refractivity contribution < 1.29 is 0 Å². The Morgan fingerprint density at radius 2 is 1.92 bits per heavy atom. The highest BCUT2D eigenvalue weighted by atomic mass is 127. The monoisotopic (exact) mass is 285 g/mol. The predicted octanol–water partition coefficient (Wildman–Crippen LogP) is 2.45. The molecule has 0 bridgehead atoms. The third kappa shape index (κ3) is 1.88. The van der Waals surface area contributed by atoms with E-state index in [2.05, 4.69) is 64.4 Å². The summed E-state index contributed by atoms with van der Waals surface area (Å²) >= 11 is 2.08. The van der Waals surface area contributed by atoms with E-state index in [1.807, 2.05) is 6.20 Å². The summed E-state index contributed by atoms with van der Waals surface area (Å²) in [6.45, 7) is 2.07. The Labute approximate surface area is 90.3 Å². The van der Waals surface area contributed by atoms with Crippen LogP contribution in [0.1, 0.15) is 5.56 Å². The van der Waals surface area contributed by atoms with Gasteiger partial charge >= 0.3 is 0 Å². The number of rotatable bonds is 1. The summed E-state index contributed by atoms with van der Waals surface area (Å²) in [6, 6.07) is 8.25. The van der Waals surface area contributed by atoms with E-state index in [0.29, 0.717) is 0 Å². The first-order valence-corrected chi connectivity index (χ1v) is 4.88. The Hall–Kier alpha value is -0.910. The first kappa shape index (κ1) is 8.68. The summed E-state index contributed by atoms with van der Waals surface area (Å²) in [5.74, 6) is 0. The zero-order chi connectivity index (χ0) is 9.26. The highest BCUT2D eigenvalue weighted by molar-refractivity contribution is 14.1. The van der Waals surface area contributed by atoms with Crippen LogP contribution < -0.4 is 0 Å². The quantitative estimate of drug-likeness (QED) is 0.753. The van der Waals surface area contributed by atoms with Crippen LogP contribution in [0.5, 0.6) is 0 Å². The summed E-state index contributed by atoms with van der Waals surface area (Å²) < 4.78 is 1.67. The molecule has 13 heavy (non-hydrogen) atoms. The number of halogens is 1. The molecule has 0 amide bonds. The summed E-state index contributed by atoms with van der Waals surface area (Å²) in [5, 5.41) is 7.89. The van der Waals surface area contributed by atoms with Crippen LogP contribution in [-0.2, 0) is 0 Å². The molecule has 0 radical (unpaired) electrons. The highest BCUT2D eigenvalue weighted by Gasteiger charge is 2.00. The lowest BCUT2D eigenvalue weighted by Gasteiger charge is -1.95. The molecule has 0 spiro atoms. The van der Waals surface area contributed by atoms with Crippen molar-refractivity contribution in [2.75, 3.05) is 0 Å². The lowest BCUT2D eigenvalue weighted by Crippen LogP contribution is -1.78. The molecule has 0 aliphatic heterocycles. The van der Waals surface area contributed by atoms with Gasteiger partial charge in [0.1, 0.15) is 5.69 Å². The average molecular weight is 285 g/mol. The van der Waals surface area contributed by atoms with Crippen LogP contribution in [0.3, 0.4) is 0 Å². The average Bonchev–Trinajstić information content (AvgIpc) is 2.53. The number of hydrogen-bond donors (Lipinski definition) is 0. The fourth-order valence-corrected chi connectivity index (χ4v) is 1.46. The molecule has 1 heterocycles. The van der Waals surface area contributed by atoms with E-state index in [9.17, 15) is 0 Å². The molecular formula is C9H8IN3. The molecule has 2 aromatic rings. The van der Waals surface area contributed by atoms with Crippen molar-refractivity contribution in [1.29, 1.82) is 0 Å². The Kier molecular flexibility index (Phi) is 2.30. The standard InChI is InChI=1S/C9H8IN3/c1-7-2-4-8(5-3-7)9-6-13(10)12-11-9/h2-6H,1H3. The van der Waals surface area contributed by atoms with Gasteiger partial charge in [0.25, 0.3) is 0 Å². The van der Waals surface area contributed by atoms with E-state index in [1.165, 1.54) is 5.56 Å². The third-order valence-electron chi connectivity index (χ3n) is 1.81. The van der Waals surface area contributed by atoms with E-state index < -0.39 is 0 Å². The van der Waals surface area contributed by atoms with E-state index >= 15 is 0 Å². The topological polar surface area (TPSA) is 30.7 Å². The minimum absolute atomic E-state index is 0.911. The first-order chi connectivity index (χ1) is 6.25. The molecule has 4 heteroatoms. The van der Waals surface area contributed by atoms with E-state index in [-0.39, 0.29) is 0 Å². The van der Waals surface area contributed by atoms with Crippen molar-refractivity contribution in [2.45, 2.75) is 6.92 Å². The van der Waals surface area contributed by atoms with Gasteiger partial charge in [0.15, 0.2) is 0 Å². The van der Waals surface area contributed by atoms with E-state index in [1.54, 1.807) is 2.90 Å². The van der Waals surface area contributed by atoms with Crippen molar-refractivity contribution in [2.24, 2.45) is 0 Å². The summed E-state index contributed by atoms with van der Waals surface area (Å²) in [4.78, 5) is 0. The van der Waals surface area contributed by atoms with Crippen LogP contribution in [0.4, 0.5) is 0 Å². The second-order valence-corrected chi connectivity index (χ2v) is 3.85. The first-order valence-electron chi connectivity index (χ1n) is 3.91. The molecule has 66 valence electrons. The maximum Gasteiger partial charge on any atom is 0.113 e. The smallest absolute Gasteiger partial charge is 0.113 e. The van der Waals surface area contributed by atoms with Crippen molar-refractivity contribution in [3.63, 3.8) is 0 Å². The molecule has 3 nitrogen and oxygen atoms in total. The van der Waals surface area contributed by atoms with Crippen molar-refractivity contribution in [3.05, 3.63) is 36.0 Å². The van der Waals surface area contributed by atoms with Gasteiger partial charge in [0.2, 0.25) is 0 Å². The Morgan fingerprint density at radius 3 is 2.46 bits per heavy atom. The molecule has 0 aliphatic rings. The van der Waals surface area contributed by atoms with Crippen LogP contribution in [0.2, 0.25) is 0 Å². The minimum Gasteiger partial charge on any atom is -0.191 e. The summed E-state index contributed by atoms with van der Waals surface area (Å²) in [5.41, 5.74) is 3.27. The van der Waals surface area contributed by atoms with Gasteiger partial charge in [0.05, 0.1) is 29.1 Å². The minimum atomic E-state index is 0.911. The number of aromatic nitrogens is 3. The molecule has 0 fully saturated rings. The largest absolute Gasteiger partial charge is 0.191 e. The molecule has 0 unspecified atom stereocenters. The van der Waals surface area contributed by atoms with Gasteiger partial charge in [-0.05, 0) is 6.92 Å². The molecule has 0 N–H and O–H groups in total. The van der Waals surface area contributed by atoms with Crippen LogP contribution in [0, 0.1) is 6.92 Å². The second kappa shape index (κ2) is 3.45. The highest BCUT2D eigenvalue weighted by Crippen LogP contribution is 2.16. The summed E-state index contributed by atoms with van der Waals surface area (Å²) in [6.07, 6.45) is 1.89. The molecule has 1 aromatic heterocycles. The lowest BCUT2D eigenvalue weighted by molar-refractivity contribution is 0.921. The number of benzene rings is 1. The van der Waals surface area contributed by atoms with Crippen molar-refractivity contribution >= 4 is 22.9 Å². The van der Waals surface area contributed by atoms with Crippen LogP contribution >= 0.6 is 22.9 Å². The number of aryl methyl sites for hydroxylation is 1. The Bertz CT molecular complexity index is 405. The maximum absolute atomic E-state index is 4.02. The Balaban J connectivity index is 2.41. The van der Waals surface area contributed by atoms with E-state index in [4.69, 9.17) is 0 Å². The third-order valence-corrected chi connectivity index (χ3v) is 2.29. The van der Waals surface area contributed by atoms with E-state index in [0.717, 1.165) is 11.3 Å². The predicted molar refractivity (Wildman–Crippen MR) is 59.6 cm³/mol. The molecule has 0 saturated heterocycles. The molecular weight excluding hydrogens is 277 g/mol. The SMILES string of the molecule is Cc1ccc(-c2cn(I)nn2)cc1. The zero-order valence-electron chi connectivity index (χ0n) is 7.11. The second-order valence-electron chi connectivity index (χ2n) is 2.86. The molecule has 0 atom stereocenters. The number of nitrogens with zero attached hydrogens (tertiary/aromatic N) is 3. The fraction of sp³-hybridized carbons (Fsp3) is 0.111. The van der Waals surface area contributed by atoms with Gasteiger partial charge in [-0.2, -0.15) is 2.90 Å². The van der Waals surface area contributed by atoms with Gasteiger partial charge in [-0.25, -0.2) is 0 Å². The molecule has 1 aromatic carbocycles. The van der Waals surface area contributed by atoms with Gasteiger partial charge < -0.3 is 0 Å². The van der Waals surface area contributed by atoms with Crippen LogP contribution in [-0.4, -0.2) is 13.2 Å². The summed E-state index contributed by atoms with van der Waals surface area (Å²) in [7, 11) is 0. The maximum atomic E-state index is 4.02. The normalized spacial score (nSPS) is 10.3. The molecule has 0 aliphatic carbocycles.